The summed E-state index contributed by atoms with van der Waals surface area (Å²) in [5.41, 5.74) is 5.39. The van der Waals surface area contributed by atoms with E-state index < -0.39 is 6.03 Å². The zero-order valence-electron chi connectivity index (χ0n) is 15.8. The Hall–Kier alpha value is -2.92. The van der Waals surface area contributed by atoms with Gasteiger partial charge < -0.3 is 10.2 Å². The number of aryl methyl sites for hydroxylation is 1. The van der Waals surface area contributed by atoms with Gasteiger partial charge in [0.25, 0.3) is 5.91 Å². The number of quaternary nitrogens is 1. The molecule has 3 rings (SSSR count). The molecule has 1 unspecified atom stereocenters. The van der Waals surface area contributed by atoms with E-state index >= 15 is 0 Å². The van der Waals surface area contributed by atoms with E-state index in [1.54, 1.807) is 0 Å². The Labute approximate surface area is 160 Å². The van der Waals surface area contributed by atoms with Crippen molar-refractivity contribution in [1.82, 2.24) is 5.32 Å². The van der Waals surface area contributed by atoms with Crippen molar-refractivity contribution >= 4 is 23.2 Å². The van der Waals surface area contributed by atoms with Gasteiger partial charge in [-0.2, -0.15) is 0 Å². The van der Waals surface area contributed by atoms with Crippen molar-refractivity contribution in [3.05, 3.63) is 71.3 Å². The highest BCUT2D eigenvalue weighted by molar-refractivity contribution is 6.01. The average Bonchev–Trinajstić information content (AvgIpc) is 2.66. The Morgan fingerprint density at radius 2 is 1.81 bits per heavy atom. The monoisotopic (exact) mass is 364 g/mol. The predicted octanol–water partition coefficient (Wildman–Crippen LogP) is 2.32. The molecule has 3 amide bonds. The van der Waals surface area contributed by atoms with E-state index in [2.05, 4.69) is 28.8 Å². The van der Waals surface area contributed by atoms with E-state index in [-0.39, 0.29) is 5.91 Å². The maximum absolute atomic E-state index is 12.2. The summed E-state index contributed by atoms with van der Waals surface area (Å²) in [5.74, 6) is -0.260. The molecule has 1 aliphatic rings. The zero-order valence-corrected chi connectivity index (χ0v) is 15.8. The van der Waals surface area contributed by atoms with Gasteiger partial charge in [-0.1, -0.05) is 42.5 Å². The molecule has 5 heteroatoms. The number of urea groups is 1. The maximum Gasteiger partial charge on any atom is 0.326 e. The second-order valence-corrected chi connectivity index (χ2v) is 6.98. The topological polar surface area (TPSA) is 62.6 Å². The lowest BCUT2D eigenvalue weighted by molar-refractivity contribution is -0.886. The minimum Gasteiger partial charge on any atom is -0.324 e. The molecule has 0 aromatic heterocycles. The number of amides is 3. The van der Waals surface area contributed by atoms with Crippen LogP contribution in [0.5, 0.6) is 0 Å². The Morgan fingerprint density at radius 3 is 2.52 bits per heavy atom. The normalized spacial score (nSPS) is 16.4. The van der Waals surface area contributed by atoms with Crippen molar-refractivity contribution in [1.29, 1.82) is 0 Å². The van der Waals surface area contributed by atoms with Crippen molar-refractivity contribution in [3.8, 4) is 0 Å². The van der Waals surface area contributed by atoms with Crippen LogP contribution in [0.25, 0.3) is 5.57 Å². The van der Waals surface area contributed by atoms with Gasteiger partial charge in [-0.3, -0.25) is 10.1 Å². The van der Waals surface area contributed by atoms with Crippen LogP contribution in [-0.4, -0.2) is 31.6 Å². The van der Waals surface area contributed by atoms with Gasteiger partial charge >= 0.3 is 6.03 Å². The summed E-state index contributed by atoms with van der Waals surface area (Å²) in [4.78, 5) is 25.5. The highest BCUT2D eigenvalue weighted by Crippen LogP contribution is 2.18. The molecular weight excluding hydrogens is 338 g/mol. The first-order valence-electron chi connectivity index (χ1n) is 9.28. The van der Waals surface area contributed by atoms with Crippen molar-refractivity contribution in [2.24, 2.45) is 0 Å². The number of carbonyl (C=O) groups excluding carboxylic acids is 2. The maximum atomic E-state index is 12.2. The first-order valence-corrected chi connectivity index (χ1v) is 9.28. The Kier molecular flexibility index (Phi) is 6.04. The molecule has 0 saturated heterocycles. The zero-order chi connectivity index (χ0) is 19.2. The number of anilines is 1. The molecule has 1 aliphatic heterocycles. The fourth-order valence-corrected chi connectivity index (χ4v) is 3.30. The van der Waals surface area contributed by atoms with Crippen LogP contribution in [-0.2, 0) is 4.79 Å². The number of rotatable bonds is 4. The molecule has 2 aromatic rings. The second kappa shape index (κ2) is 8.64. The van der Waals surface area contributed by atoms with Crippen LogP contribution in [0.15, 0.2) is 54.6 Å². The number of carbonyl (C=O) groups is 2. The molecular formula is C22H26N3O2+. The molecule has 2 aromatic carbocycles. The third-order valence-electron chi connectivity index (χ3n) is 5.05. The summed E-state index contributed by atoms with van der Waals surface area (Å²) >= 11 is 0. The van der Waals surface area contributed by atoms with Gasteiger partial charge in [0, 0.05) is 12.1 Å². The molecule has 0 bridgehead atoms. The molecule has 27 heavy (non-hydrogen) atoms. The molecule has 0 aliphatic carbocycles. The molecule has 0 spiro atoms. The van der Waals surface area contributed by atoms with Crippen molar-refractivity contribution < 1.29 is 14.5 Å². The lowest BCUT2D eigenvalue weighted by atomic mass is 10.00. The molecule has 3 N–H and O–H groups in total. The number of nitrogens with one attached hydrogen (secondary N) is 3. The highest BCUT2D eigenvalue weighted by Gasteiger charge is 2.20. The van der Waals surface area contributed by atoms with E-state index in [4.69, 9.17) is 0 Å². The fourth-order valence-electron chi connectivity index (χ4n) is 3.30. The predicted molar refractivity (Wildman–Crippen MR) is 108 cm³/mol. The fraction of sp³-hybridized carbons (Fsp3) is 0.273. The first kappa shape index (κ1) is 18.9. The van der Waals surface area contributed by atoms with Crippen LogP contribution in [0, 0.1) is 13.8 Å². The number of hydrogen-bond donors (Lipinski definition) is 3. The molecule has 0 fully saturated rings. The van der Waals surface area contributed by atoms with Gasteiger partial charge in [-0.05, 0) is 48.3 Å². The van der Waals surface area contributed by atoms with Gasteiger partial charge in [-0.15, -0.1) is 0 Å². The van der Waals surface area contributed by atoms with Crippen molar-refractivity contribution in [3.63, 3.8) is 0 Å². The quantitative estimate of drug-likeness (QED) is 0.780. The standard InChI is InChI=1S/C22H25N3O2/c1-16-7-6-10-20(17(16)2)23-22(27)24-21(26)15-25-13-11-19(12-14-25)18-8-4-3-5-9-18/h3-11H,12-15H2,1-2H3,(H2,23,24,26,27)/p+1. The average molecular weight is 364 g/mol. The lowest BCUT2D eigenvalue weighted by Gasteiger charge is -2.23. The summed E-state index contributed by atoms with van der Waals surface area (Å²) in [6, 6.07) is 15.5. The molecule has 1 heterocycles. The minimum absolute atomic E-state index is 0.260. The SMILES string of the molecule is Cc1cccc(NC(=O)NC(=O)C[NH+]2CC=C(c3ccccc3)CC2)c1C. The molecule has 140 valence electrons. The van der Waals surface area contributed by atoms with Crippen LogP contribution < -0.4 is 15.5 Å². The van der Waals surface area contributed by atoms with Gasteiger partial charge in [0.15, 0.2) is 6.54 Å². The molecule has 0 radical (unpaired) electrons. The Morgan fingerprint density at radius 1 is 1.04 bits per heavy atom. The summed E-state index contributed by atoms with van der Waals surface area (Å²) in [7, 11) is 0. The van der Waals surface area contributed by atoms with E-state index in [9.17, 15) is 9.59 Å². The minimum atomic E-state index is -0.481. The van der Waals surface area contributed by atoms with E-state index in [1.165, 1.54) is 11.1 Å². The van der Waals surface area contributed by atoms with Gasteiger partial charge in [0.1, 0.15) is 0 Å². The van der Waals surface area contributed by atoms with E-state index in [0.29, 0.717) is 6.54 Å². The van der Waals surface area contributed by atoms with Crippen LogP contribution in [0.4, 0.5) is 10.5 Å². The van der Waals surface area contributed by atoms with Crippen LogP contribution in [0.2, 0.25) is 0 Å². The number of benzene rings is 2. The molecule has 0 saturated carbocycles. The van der Waals surface area contributed by atoms with Crippen molar-refractivity contribution in [2.45, 2.75) is 20.3 Å². The van der Waals surface area contributed by atoms with Crippen LogP contribution in [0.3, 0.4) is 0 Å². The van der Waals surface area contributed by atoms with Crippen LogP contribution in [0.1, 0.15) is 23.1 Å². The summed E-state index contributed by atoms with van der Waals surface area (Å²) < 4.78 is 0. The summed E-state index contributed by atoms with van der Waals surface area (Å²) in [5, 5.41) is 5.19. The lowest BCUT2D eigenvalue weighted by Crippen LogP contribution is -3.13. The van der Waals surface area contributed by atoms with E-state index in [1.807, 2.05) is 50.2 Å². The Balaban J connectivity index is 1.49. The Bertz CT molecular complexity index is 859. The van der Waals surface area contributed by atoms with Gasteiger partial charge in [0.2, 0.25) is 0 Å². The van der Waals surface area contributed by atoms with E-state index in [0.717, 1.165) is 41.2 Å². The number of imide groups is 1. The van der Waals surface area contributed by atoms with Gasteiger partial charge in [0.05, 0.1) is 13.1 Å². The smallest absolute Gasteiger partial charge is 0.324 e. The first-order chi connectivity index (χ1) is 13.0. The second-order valence-electron chi connectivity index (χ2n) is 6.98. The van der Waals surface area contributed by atoms with Crippen LogP contribution >= 0.6 is 0 Å². The number of hydrogen-bond acceptors (Lipinski definition) is 2. The highest BCUT2D eigenvalue weighted by atomic mass is 16.2. The molecule has 5 nitrogen and oxygen atoms in total. The van der Waals surface area contributed by atoms with Crippen molar-refractivity contribution in [2.75, 3.05) is 25.0 Å². The summed E-state index contributed by atoms with van der Waals surface area (Å²) in [6.07, 6.45) is 3.12. The summed E-state index contributed by atoms with van der Waals surface area (Å²) in [6.45, 7) is 5.89. The molecule has 1 atom stereocenters. The largest absolute Gasteiger partial charge is 0.326 e. The third kappa shape index (κ3) is 5.05. The van der Waals surface area contributed by atoms with Gasteiger partial charge in [-0.25, -0.2) is 4.79 Å². The third-order valence-corrected chi connectivity index (χ3v) is 5.05.